The maximum atomic E-state index is 10.9. The molecule has 8 nitrogen and oxygen atoms in total. The second-order valence-electron chi connectivity index (χ2n) is 9.97. The summed E-state index contributed by atoms with van der Waals surface area (Å²) in [5.74, 6) is 0.135. The van der Waals surface area contributed by atoms with Gasteiger partial charge in [0, 0.05) is 57.0 Å². The lowest BCUT2D eigenvalue weighted by molar-refractivity contribution is -0.138. The molecule has 0 spiro atoms. The number of hydrogen-bond donors (Lipinski definition) is 2. The van der Waals surface area contributed by atoms with E-state index >= 15 is 0 Å². The molecule has 38 heavy (non-hydrogen) atoms. The van der Waals surface area contributed by atoms with Gasteiger partial charge in [-0.3, -0.25) is 14.6 Å². The number of nitrogens with zero attached hydrogens (tertiary/aromatic N) is 4. The molecule has 4 rings (SSSR count). The number of piperazine rings is 1. The van der Waals surface area contributed by atoms with Crippen LogP contribution in [0.1, 0.15) is 47.3 Å². The summed E-state index contributed by atoms with van der Waals surface area (Å²) >= 11 is 0. The van der Waals surface area contributed by atoms with Crippen LogP contribution in [-0.2, 0) is 24.2 Å². The van der Waals surface area contributed by atoms with E-state index in [1.54, 1.807) is 6.33 Å². The first-order chi connectivity index (χ1) is 18.6. The van der Waals surface area contributed by atoms with Crippen molar-refractivity contribution in [2.24, 2.45) is 5.73 Å². The van der Waals surface area contributed by atoms with Crippen LogP contribution in [0.4, 0.5) is 0 Å². The number of carbonyl (C=O) groups is 1. The number of aliphatic carboxylic acids is 1. The number of carboxylic acid groups (broad SMARTS) is 1. The summed E-state index contributed by atoms with van der Waals surface area (Å²) in [6, 6.07) is 19.0. The first-order valence-corrected chi connectivity index (χ1v) is 13.5. The second kappa shape index (κ2) is 14.6. The molecule has 3 aromatic rings. The van der Waals surface area contributed by atoms with Crippen LogP contribution >= 0.6 is 0 Å². The molecule has 0 aliphatic carbocycles. The zero-order valence-electron chi connectivity index (χ0n) is 22.1. The van der Waals surface area contributed by atoms with Crippen molar-refractivity contribution in [3.63, 3.8) is 0 Å². The topological polar surface area (TPSA) is 105 Å². The van der Waals surface area contributed by atoms with Gasteiger partial charge in [-0.2, -0.15) is 0 Å². The number of hydrogen-bond acceptors (Lipinski definition) is 7. The molecule has 0 saturated carbocycles. The lowest BCUT2D eigenvalue weighted by Crippen LogP contribution is -2.47. The highest BCUT2D eigenvalue weighted by atomic mass is 16.5. The molecule has 0 amide bonds. The third-order valence-electron chi connectivity index (χ3n) is 6.79. The van der Waals surface area contributed by atoms with E-state index in [0.29, 0.717) is 6.61 Å². The zero-order chi connectivity index (χ0) is 26.6. The smallest absolute Gasteiger partial charge is 0.317 e. The Morgan fingerprint density at radius 2 is 1.50 bits per heavy atom. The largest absolute Gasteiger partial charge is 0.494 e. The molecule has 1 aromatic heterocycles. The molecular formula is C30H39N5O3. The van der Waals surface area contributed by atoms with Gasteiger partial charge in [0.2, 0.25) is 0 Å². The number of aromatic nitrogens is 2. The highest BCUT2D eigenvalue weighted by molar-refractivity contribution is 5.69. The summed E-state index contributed by atoms with van der Waals surface area (Å²) in [5, 5.41) is 9.00. The number of ether oxygens (including phenoxy) is 1. The number of benzene rings is 2. The normalized spacial score (nSPS) is 14.4. The average molecular weight is 518 g/mol. The summed E-state index contributed by atoms with van der Waals surface area (Å²) in [6.07, 6.45) is 6.28. The lowest BCUT2D eigenvalue weighted by Gasteiger charge is -2.33. The zero-order valence-corrected chi connectivity index (χ0v) is 22.1. The van der Waals surface area contributed by atoms with E-state index in [4.69, 9.17) is 15.6 Å². The minimum Gasteiger partial charge on any atom is -0.494 e. The van der Waals surface area contributed by atoms with Gasteiger partial charge in [-0.05, 0) is 60.7 Å². The van der Waals surface area contributed by atoms with Gasteiger partial charge in [-0.1, -0.05) is 36.4 Å². The van der Waals surface area contributed by atoms with Crippen LogP contribution in [0.25, 0.3) is 0 Å². The van der Waals surface area contributed by atoms with Crippen LogP contribution in [0.15, 0.2) is 60.9 Å². The van der Waals surface area contributed by atoms with Crippen molar-refractivity contribution in [1.29, 1.82) is 0 Å². The number of carboxylic acids is 1. The molecule has 0 radical (unpaired) electrons. The van der Waals surface area contributed by atoms with E-state index < -0.39 is 5.97 Å². The Kier molecular flexibility index (Phi) is 10.6. The van der Waals surface area contributed by atoms with Crippen LogP contribution in [-0.4, -0.2) is 76.7 Å². The van der Waals surface area contributed by atoms with E-state index in [9.17, 15) is 4.79 Å². The fourth-order valence-corrected chi connectivity index (χ4v) is 4.81. The molecule has 1 fully saturated rings. The van der Waals surface area contributed by atoms with Gasteiger partial charge < -0.3 is 15.6 Å². The summed E-state index contributed by atoms with van der Waals surface area (Å²) in [4.78, 5) is 24.4. The molecule has 2 heterocycles. The van der Waals surface area contributed by atoms with Gasteiger partial charge in [0.25, 0.3) is 0 Å². The van der Waals surface area contributed by atoms with Crippen molar-refractivity contribution in [2.45, 2.75) is 38.6 Å². The van der Waals surface area contributed by atoms with Crippen molar-refractivity contribution in [2.75, 3.05) is 45.9 Å². The first-order valence-electron chi connectivity index (χ1n) is 13.5. The fraction of sp³-hybridized carbons (Fsp3) is 0.433. The lowest BCUT2D eigenvalue weighted by atomic mass is 10.0. The molecule has 8 heteroatoms. The highest BCUT2D eigenvalue weighted by Gasteiger charge is 2.18. The maximum absolute atomic E-state index is 10.9. The molecule has 3 N–H and O–H groups in total. The van der Waals surface area contributed by atoms with Crippen LogP contribution < -0.4 is 10.5 Å². The summed E-state index contributed by atoms with van der Waals surface area (Å²) in [6.45, 7) is 5.78. The molecule has 0 bridgehead atoms. The Balaban J connectivity index is 1.30. The van der Waals surface area contributed by atoms with Crippen LogP contribution in [0, 0.1) is 0 Å². The molecule has 2 aromatic carbocycles. The Morgan fingerprint density at radius 3 is 2.21 bits per heavy atom. The van der Waals surface area contributed by atoms with Gasteiger partial charge in [-0.25, -0.2) is 9.97 Å². The molecule has 1 saturated heterocycles. The average Bonchev–Trinajstić information content (AvgIpc) is 2.90. The number of rotatable bonds is 14. The van der Waals surface area contributed by atoms with E-state index in [-0.39, 0.29) is 6.54 Å². The van der Waals surface area contributed by atoms with Crippen molar-refractivity contribution in [3.8, 4) is 5.75 Å². The van der Waals surface area contributed by atoms with Gasteiger partial charge in [0.1, 0.15) is 12.1 Å². The van der Waals surface area contributed by atoms with E-state index in [0.717, 1.165) is 88.5 Å². The minimum absolute atomic E-state index is 0.124. The van der Waals surface area contributed by atoms with E-state index in [2.05, 4.69) is 57.3 Å². The molecule has 1 aliphatic rings. The maximum Gasteiger partial charge on any atom is 0.317 e. The summed E-state index contributed by atoms with van der Waals surface area (Å²) < 4.78 is 5.92. The summed E-state index contributed by atoms with van der Waals surface area (Å²) in [7, 11) is 0. The van der Waals surface area contributed by atoms with Crippen molar-refractivity contribution >= 4 is 5.97 Å². The standard InChI is InChI=1S/C30H39N5O3/c31-10-2-1-3-15-38-29-9-5-7-25(19-29)18-28-20-27(32-23-33-28)17-24-6-4-8-26(16-24)21-34-11-13-35(14-12-34)22-30(36)37/h4-9,16,19-20,23H,1-3,10-15,17-18,21-22,31H2,(H,36,37). The predicted molar refractivity (Wildman–Crippen MR) is 148 cm³/mol. The molecular weight excluding hydrogens is 478 g/mol. The third-order valence-corrected chi connectivity index (χ3v) is 6.79. The summed E-state index contributed by atoms with van der Waals surface area (Å²) in [5.41, 5.74) is 11.2. The van der Waals surface area contributed by atoms with Gasteiger partial charge in [0.15, 0.2) is 0 Å². The third kappa shape index (κ3) is 9.20. The molecule has 1 aliphatic heterocycles. The molecule has 0 atom stereocenters. The van der Waals surface area contributed by atoms with E-state index in [1.165, 1.54) is 16.7 Å². The monoisotopic (exact) mass is 517 g/mol. The van der Waals surface area contributed by atoms with Crippen LogP contribution in [0.2, 0.25) is 0 Å². The highest BCUT2D eigenvalue weighted by Crippen LogP contribution is 2.18. The second-order valence-corrected chi connectivity index (χ2v) is 9.97. The van der Waals surface area contributed by atoms with Crippen LogP contribution in [0.3, 0.4) is 0 Å². The SMILES string of the molecule is NCCCCCOc1cccc(Cc2cc(Cc3cccc(CN4CCN(CC(=O)O)CC4)c3)ncn2)c1. The van der Waals surface area contributed by atoms with Crippen molar-refractivity contribution in [1.82, 2.24) is 19.8 Å². The van der Waals surface area contributed by atoms with Gasteiger partial charge in [0.05, 0.1) is 13.2 Å². The molecule has 202 valence electrons. The van der Waals surface area contributed by atoms with Crippen LogP contribution in [0.5, 0.6) is 5.75 Å². The Hall–Kier alpha value is -3.33. The van der Waals surface area contributed by atoms with Crippen molar-refractivity contribution < 1.29 is 14.6 Å². The Labute approximate surface area is 225 Å². The predicted octanol–water partition coefficient (Wildman–Crippen LogP) is 3.37. The minimum atomic E-state index is -0.758. The van der Waals surface area contributed by atoms with Gasteiger partial charge in [-0.15, -0.1) is 0 Å². The van der Waals surface area contributed by atoms with E-state index in [1.807, 2.05) is 17.0 Å². The molecule has 0 unspecified atom stereocenters. The quantitative estimate of drug-likeness (QED) is 0.314. The first kappa shape index (κ1) is 27.7. The van der Waals surface area contributed by atoms with Crippen molar-refractivity contribution in [3.05, 3.63) is 89.0 Å². The number of unbranched alkanes of at least 4 members (excludes halogenated alkanes) is 2. The Bertz CT molecular complexity index is 1160. The van der Waals surface area contributed by atoms with Gasteiger partial charge >= 0.3 is 5.97 Å². The fourth-order valence-electron chi connectivity index (χ4n) is 4.81. The number of nitrogens with two attached hydrogens (primary N) is 1. The Morgan fingerprint density at radius 1 is 0.842 bits per heavy atom.